The molecule has 0 amide bonds. The molecule has 0 bridgehead atoms. The largest absolute Gasteiger partial charge is 0.463 e. The Hall–Kier alpha value is -1.97. The standard InChI is InChI=1S/C14H21N5O4/c1-2-3-4-22-14-17-11(15)10-12(18-14)19(7-16-10)13-9(21)5-8(6-20)23-13/h7-9,13,20-21H,2-6H2,1H3,(H2,15,17,18)/t8-,9+,13+/m0/s1. The fourth-order valence-electron chi connectivity index (χ4n) is 2.57. The molecule has 4 N–H and O–H groups in total. The summed E-state index contributed by atoms with van der Waals surface area (Å²) in [6.45, 7) is 2.42. The molecular weight excluding hydrogens is 302 g/mol. The summed E-state index contributed by atoms with van der Waals surface area (Å²) >= 11 is 0. The number of aromatic nitrogens is 4. The molecule has 9 heteroatoms. The minimum Gasteiger partial charge on any atom is -0.463 e. The van der Waals surface area contributed by atoms with Crippen molar-refractivity contribution in [1.82, 2.24) is 19.5 Å². The highest BCUT2D eigenvalue weighted by Gasteiger charge is 2.36. The highest BCUT2D eigenvalue weighted by Crippen LogP contribution is 2.32. The summed E-state index contributed by atoms with van der Waals surface area (Å²) in [5.41, 5.74) is 6.77. The van der Waals surface area contributed by atoms with Crippen LogP contribution in [0.2, 0.25) is 0 Å². The summed E-state index contributed by atoms with van der Waals surface area (Å²) in [5, 5.41) is 19.3. The number of aliphatic hydroxyl groups is 2. The Labute approximate surface area is 133 Å². The summed E-state index contributed by atoms with van der Waals surface area (Å²) in [6.07, 6.45) is 1.90. The van der Waals surface area contributed by atoms with Crippen LogP contribution in [0.25, 0.3) is 11.2 Å². The number of hydrogen-bond donors (Lipinski definition) is 3. The minimum absolute atomic E-state index is 0.150. The fourth-order valence-corrected chi connectivity index (χ4v) is 2.57. The number of imidazole rings is 1. The van der Waals surface area contributed by atoms with Crippen molar-refractivity contribution in [2.45, 2.75) is 44.6 Å². The van der Waals surface area contributed by atoms with Crippen molar-refractivity contribution in [3.63, 3.8) is 0 Å². The van der Waals surface area contributed by atoms with Crippen molar-refractivity contribution in [2.75, 3.05) is 18.9 Å². The lowest BCUT2D eigenvalue weighted by molar-refractivity contribution is -0.0487. The molecule has 9 nitrogen and oxygen atoms in total. The molecule has 1 aliphatic heterocycles. The molecule has 0 unspecified atom stereocenters. The molecule has 23 heavy (non-hydrogen) atoms. The van der Waals surface area contributed by atoms with Gasteiger partial charge in [0, 0.05) is 6.42 Å². The third kappa shape index (κ3) is 3.07. The van der Waals surface area contributed by atoms with E-state index >= 15 is 0 Å². The maximum absolute atomic E-state index is 10.1. The van der Waals surface area contributed by atoms with E-state index in [1.807, 2.05) is 0 Å². The molecule has 0 radical (unpaired) electrons. The SMILES string of the molecule is CCCCOc1nc(N)c2ncn([C@@H]3O[C@H](CO)C[C@H]3O)c2n1. The van der Waals surface area contributed by atoms with Crippen LogP contribution in [0.3, 0.4) is 0 Å². The molecule has 1 fully saturated rings. The Bertz CT molecular complexity index is 676. The molecule has 2 aromatic heterocycles. The Kier molecular flexibility index (Phi) is 4.60. The molecular formula is C14H21N5O4. The maximum atomic E-state index is 10.1. The molecule has 1 saturated heterocycles. The van der Waals surface area contributed by atoms with Gasteiger partial charge in [-0.15, -0.1) is 0 Å². The normalized spacial score (nSPS) is 24.4. The molecule has 3 atom stereocenters. The smallest absolute Gasteiger partial charge is 0.320 e. The molecule has 3 rings (SSSR count). The molecule has 0 aliphatic carbocycles. The molecule has 126 valence electrons. The molecule has 1 aliphatic rings. The summed E-state index contributed by atoms with van der Waals surface area (Å²) in [5.74, 6) is 0.214. The Morgan fingerprint density at radius 3 is 3.00 bits per heavy atom. The van der Waals surface area contributed by atoms with E-state index in [9.17, 15) is 10.2 Å². The lowest BCUT2D eigenvalue weighted by atomic mass is 10.2. The van der Waals surface area contributed by atoms with E-state index in [0.717, 1.165) is 12.8 Å². The maximum Gasteiger partial charge on any atom is 0.320 e. The molecule has 0 aromatic carbocycles. The summed E-state index contributed by atoms with van der Waals surface area (Å²) in [6, 6.07) is 0.177. The zero-order valence-corrected chi connectivity index (χ0v) is 12.9. The van der Waals surface area contributed by atoms with Crippen LogP contribution < -0.4 is 10.5 Å². The third-order valence-corrected chi connectivity index (χ3v) is 3.80. The number of nitrogen functional groups attached to an aromatic ring is 1. The Morgan fingerprint density at radius 2 is 2.30 bits per heavy atom. The second-order valence-corrected chi connectivity index (χ2v) is 5.55. The van der Waals surface area contributed by atoms with E-state index in [2.05, 4.69) is 21.9 Å². The first kappa shape index (κ1) is 15.9. The van der Waals surface area contributed by atoms with Crippen molar-refractivity contribution in [3.05, 3.63) is 6.33 Å². The monoisotopic (exact) mass is 323 g/mol. The average Bonchev–Trinajstić information content (AvgIpc) is 3.11. The highest BCUT2D eigenvalue weighted by atomic mass is 16.5. The predicted molar refractivity (Wildman–Crippen MR) is 81.8 cm³/mol. The van der Waals surface area contributed by atoms with Gasteiger partial charge in [0.15, 0.2) is 23.2 Å². The van der Waals surface area contributed by atoms with Crippen molar-refractivity contribution >= 4 is 17.0 Å². The van der Waals surface area contributed by atoms with E-state index in [0.29, 0.717) is 24.2 Å². The van der Waals surface area contributed by atoms with Gasteiger partial charge in [-0.05, 0) is 6.42 Å². The number of anilines is 1. The quantitative estimate of drug-likeness (QED) is 0.644. The van der Waals surface area contributed by atoms with Gasteiger partial charge in [-0.25, -0.2) is 4.98 Å². The van der Waals surface area contributed by atoms with Crippen LogP contribution in [0.4, 0.5) is 5.82 Å². The zero-order valence-electron chi connectivity index (χ0n) is 12.9. The van der Waals surface area contributed by atoms with Gasteiger partial charge in [-0.3, -0.25) is 4.57 Å². The van der Waals surface area contributed by atoms with Crippen LogP contribution in [0.1, 0.15) is 32.4 Å². The van der Waals surface area contributed by atoms with E-state index in [1.165, 1.54) is 6.33 Å². The number of nitrogens with two attached hydrogens (primary N) is 1. The summed E-state index contributed by atoms with van der Waals surface area (Å²) < 4.78 is 12.7. The van der Waals surface area contributed by atoms with E-state index in [-0.39, 0.29) is 18.4 Å². The first-order valence-electron chi connectivity index (χ1n) is 7.71. The second-order valence-electron chi connectivity index (χ2n) is 5.55. The Morgan fingerprint density at radius 1 is 1.48 bits per heavy atom. The van der Waals surface area contributed by atoms with Crippen molar-refractivity contribution in [2.24, 2.45) is 0 Å². The van der Waals surface area contributed by atoms with E-state index < -0.39 is 18.4 Å². The van der Waals surface area contributed by atoms with Crippen molar-refractivity contribution < 1.29 is 19.7 Å². The number of hydrogen-bond acceptors (Lipinski definition) is 8. The number of aliphatic hydroxyl groups excluding tert-OH is 2. The van der Waals surface area contributed by atoms with Crippen molar-refractivity contribution in [3.8, 4) is 6.01 Å². The number of rotatable bonds is 6. The first-order chi connectivity index (χ1) is 11.1. The van der Waals surface area contributed by atoms with Crippen LogP contribution in [0, 0.1) is 0 Å². The van der Waals surface area contributed by atoms with Crippen LogP contribution >= 0.6 is 0 Å². The topological polar surface area (TPSA) is 129 Å². The Balaban J connectivity index is 1.92. The lowest BCUT2D eigenvalue weighted by Gasteiger charge is -2.16. The van der Waals surface area contributed by atoms with Gasteiger partial charge in [0.05, 0.1) is 25.6 Å². The van der Waals surface area contributed by atoms with Gasteiger partial charge >= 0.3 is 6.01 Å². The number of ether oxygens (including phenoxy) is 2. The predicted octanol–water partition coefficient (Wildman–Crippen LogP) is 0.228. The zero-order chi connectivity index (χ0) is 16.4. The minimum atomic E-state index is -0.759. The molecule has 0 saturated carbocycles. The van der Waals surface area contributed by atoms with Gasteiger partial charge in [-0.1, -0.05) is 13.3 Å². The molecule has 2 aromatic rings. The lowest BCUT2D eigenvalue weighted by Crippen LogP contribution is -2.19. The van der Waals surface area contributed by atoms with Gasteiger partial charge < -0.3 is 25.4 Å². The number of nitrogens with zero attached hydrogens (tertiary/aromatic N) is 4. The summed E-state index contributed by atoms with van der Waals surface area (Å²) in [7, 11) is 0. The third-order valence-electron chi connectivity index (χ3n) is 3.80. The average molecular weight is 323 g/mol. The molecule has 0 spiro atoms. The highest BCUT2D eigenvalue weighted by molar-refractivity contribution is 5.82. The van der Waals surface area contributed by atoms with Crippen LogP contribution in [0.15, 0.2) is 6.33 Å². The summed E-state index contributed by atoms with van der Waals surface area (Å²) in [4.78, 5) is 12.6. The van der Waals surface area contributed by atoms with Gasteiger partial charge in [0.25, 0.3) is 0 Å². The van der Waals surface area contributed by atoms with E-state index in [1.54, 1.807) is 4.57 Å². The van der Waals surface area contributed by atoms with Crippen LogP contribution in [0.5, 0.6) is 6.01 Å². The molecule has 3 heterocycles. The second kappa shape index (κ2) is 6.65. The van der Waals surface area contributed by atoms with E-state index in [4.69, 9.17) is 15.2 Å². The van der Waals surface area contributed by atoms with Gasteiger partial charge in [-0.2, -0.15) is 9.97 Å². The van der Waals surface area contributed by atoms with Gasteiger partial charge in [0.2, 0.25) is 0 Å². The first-order valence-corrected chi connectivity index (χ1v) is 7.71. The van der Waals surface area contributed by atoms with Crippen LogP contribution in [-0.4, -0.2) is 55.2 Å². The van der Waals surface area contributed by atoms with Crippen LogP contribution in [-0.2, 0) is 4.74 Å². The van der Waals surface area contributed by atoms with Crippen molar-refractivity contribution in [1.29, 1.82) is 0 Å². The number of unbranched alkanes of at least 4 members (excludes halogenated alkanes) is 1. The fraction of sp³-hybridized carbons (Fsp3) is 0.643. The number of fused-ring (bicyclic) bond motifs is 1. The van der Waals surface area contributed by atoms with Gasteiger partial charge in [0.1, 0.15) is 6.10 Å².